The summed E-state index contributed by atoms with van der Waals surface area (Å²) in [6.45, 7) is 1.82. The van der Waals surface area contributed by atoms with E-state index in [4.69, 9.17) is 0 Å². The van der Waals surface area contributed by atoms with E-state index in [-0.39, 0.29) is 31.1 Å². The second kappa shape index (κ2) is 9.60. The van der Waals surface area contributed by atoms with Crippen LogP contribution in [0.25, 0.3) is 0 Å². The predicted molar refractivity (Wildman–Crippen MR) is 136 cm³/mol. The van der Waals surface area contributed by atoms with Gasteiger partial charge in [0, 0.05) is 17.2 Å². The zero-order valence-corrected chi connectivity index (χ0v) is 20.8. The molecule has 2 N–H and O–H groups in total. The van der Waals surface area contributed by atoms with Crippen LogP contribution in [0.1, 0.15) is 64.8 Å². The van der Waals surface area contributed by atoms with Crippen molar-refractivity contribution in [2.24, 2.45) is 5.92 Å². The smallest absolute Gasteiger partial charge is 0.380 e. The van der Waals surface area contributed by atoms with Gasteiger partial charge in [0.15, 0.2) is 5.60 Å². The Morgan fingerprint density at radius 2 is 1.89 bits per heavy atom. The fourth-order valence-electron chi connectivity index (χ4n) is 6.39. The largest absolute Gasteiger partial charge is 0.417 e. The molecule has 0 saturated heterocycles. The van der Waals surface area contributed by atoms with E-state index in [2.05, 4.69) is 10.3 Å². The maximum atomic E-state index is 13.9. The van der Waals surface area contributed by atoms with Crippen molar-refractivity contribution in [3.05, 3.63) is 94.8 Å². The number of amides is 1. The molecular formula is C30H31F3N2O2. The Morgan fingerprint density at radius 1 is 1.11 bits per heavy atom. The number of nitrogens with zero attached hydrogens (tertiary/aromatic N) is 1. The van der Waals surface area contributed by atoms with Crippen molar-refractivity contribution < 1.29 is 23.1 Å². The first kappa shape index (κ1) is 25.5. The first-order valence-corrected chi connectivity index (χ1v) is 12.8. The number of carbonyl (C=O) groups excluding carboxylic acids is 1. The quantitative estimate of drug-likeness (QED) is 0.420. The number of benzene rings is 2. The van der Waals surface area contributed by atoms with Gasteiger partial charge in [0.25, 0.3) is 5.91 Å². The second-order valence-corrected chi connectivity index (χ2v) is 10.6. The molecule has 4 nitrogen and oxygen atoms in total. The molecule has 0 unspecified atom stereocenters. The average Bonchev–Trinajstić information content (AvgIpc) is 3.01. The van der Waals surface area contributed by atoms with Crippen molar-refractivity contribution in [2.75, 3.05) is 5.32 Å². The van der Waals surface area contributed by atoms with E-state index in [9.17, 15) is 23.1 Å². The maximum Gasteiger partial charge on any atom is 0.417 e. The Labute approximate surface area is 215 Å². The summed E-state index contributed by atoms with van der Waals surface area (Å²) < 4.78 is 41.7. The molecule has 0 bridgehead atoms. The molecule has 1 heterocycles. The number of aryl methyl sites for hydroxylation is 2. The molecule has 0 spiro atoms. The molecule has 2 aliphatic rings. The van der Waals surface area contributed by atoms with Crippen LogP contribution in [0.3, 0.4) is 0 Å². The van der Waals surface area contributed by atoms with Gasteiger partial charge in [0.2, 0.25) is 0 Å². The Hall–Kier alpha value is -3.19. The standard InChI is InChI=1S/C30H31F3N2O2/c1-20-26(11-6-16-34-20)35-27(36)23-12-13-25-22(17-23)9-5-10-24-19-29(37,30(31,32)33)15-14-28(24,25)18-21-7-3-2-4-8-21/h2-4,6-8,11-13,16-17,24,37H,5,9-10,14-15,18-19H2,1H3,(H,35,36)/t24-,28+,29-/m1/s1. The van der Waals surface area contributed by atoms with Crippen molar-refractivity contribution in [1.82, 2.24) is 4.98 Å². The summed E-state index contributed by atoms with van der Waals surface area (Å²) in [4.78, 5) is 17.3. The van der Waals surface area contributed by atoms with E-state index in [1.165, 1.54) is 0 Å². The summed E-state index contributed by atoms with van der Waals surface area (Å²) >= 11 is 0. The molecule has 1 amide bonds. The van der Waals surface area contributed by atoms with E-state index >= 15 is 0 Å². The summed E-state index contributed by atoms with van der Waals surface area (Å²) in [5.41, 5.74) is 1.74. The minimum atomic E-state index is -4.66. The molecule has 1 aromatic heterocycles. The first-order valence-electron chi connectivity index (χ1n) is 12.8. The number of fused-ring (bicyclic) bond motifs is 3. The highest BCUT2D eigenvalue weighted by atomic mass is 19.4. The monoisotopic (exact) mass is 508 g/mol. The van der Waals surface area contributed by atoms with E-state index in [1.807, 2.05) is 49.4 Å². The van der Waals surface area contributed by atoms with Gasteiger partial charge in [-0.2, -0.15) is 13.2 Å². The molecule has 3 atom stereocenters. The van der Waals surface area contributed by atoms with Crippen LogP contribution in [-0.2, 0) is 18.3 Å². The van der Waals surface area contributed by atoms with Crippen LogP contribution >= 0.6 is 0 Å². The Kier molecular flexibility index (Phi) is 6.61. The molecule has 1 fully saturated rings. The van der Waals surface area contributed by atoms with Gasteiger partial charge >= 0.3 is 6.18 Å². The van der Waals surface area contributed by atoms with Crippen LogP contribution < -0.4 is 5.32 Å². The number of aromatic nitrogens is 1. The molecule has 7 heteroatoms. The lowest BCUT2D eigenvalue weighted by Gasteiger charge is -2.50. The summed E-state index contributed by atoms with van der Waals surface area (Å²) in [5, 5.41) is 13.6. The van der Waals surface area contributed by atoms with Crippen molar-refractivity contribution in [3.63, 3.8) is 0 Å². The average molecular weight is 509 g/mol. The maximum absolute atomic E-state index is 13.9. The van der Waals surface area contributed by atoms with Gasteiger partial charge in [0.05, 0.1) is 11.4 Å². The van der Waals surface area contributed by atoms with E-state index in [1.54, 1.807) is 24.4 Å². The molecule has 0 radical (unpaired) electrons. The minimum Gasteiger partial charge on any atom is -0.380 e. The lowest BCUT2D eigenvalue weighted by atomic mass is 9.56. The topological polar surface area (TPSA) is 62.2 Å². The Morgan fingerprint density at radius 3 is 2.62 bits per heavy atom. The highest BCUT2D eigenvalue weighted by Gasteiger charge is 2.60. The third-order valence-electron chi connectivity index (χ3n) is 8.40. The van der Waals surface area contributed by atoms with Crippen molar-refractivity contribution in [2.45, 2.75) is 69.1 Å². The van der Waals surface area contributed by atoms with Crippen LogP contribution in [0.2, 0.25) is 0 Å². The number of hydrogen-bond acceptors (Lipinski definition) is 3. The molecule has 0 aliphatic heterocycles. The molecule has 37 heavy (non-hydrogen) atoms. The zero-order valence-electron chi connectivity index (χ0n) is 20.8. The summed E-state index contributed by atoms with van der Waals surface area (Å²) in [6, 6.07) is 19.0. The van der Waals surface area contributed by atoms with Gasteiger partial charge in [-0.1, -0.05) is 36.4 Å². The number of pyridine rings is 1. The van der Waals surface area contributed by atoms with Crippen LogP contribution in [-0.4, -0.2) is 27.8 Å². The molecule has 2 aromatic carbocycles. The fourth-order valence-corrected chi connectivity index (χ4v) is 6.39. The zero-order chi connectivity index (χ0) is 26.3. The van der Waals surface area contributed by atoms with E-state index < -0.39 is 17.2 Å². The third-order valence-corrected chi connectivity index (χ3v) is 8.40. The number of nitrogens with one attached hydrogen (secondary N) is 1. The summed E-state index contributed by atoms with van der Waals surface area (Å²) in [6.07, 6.45) is -0.818. The molecular weight excluding hydrogens is 477 g/mol. The Balaban J connectivity index is 1.54. The van der Waals surface area contributed by atoms with Gasteiger partial charge in [-0.3, -0.25) is 9.78 Å². The van der Waals surface area contributed by atoms with Crippen molar-refractivity contribution in [3.8, 4) is 0 Å². The SMILES string of the molecule is Cc1ncccc1NC(=O)c1ccc2c(c1)CCC[C@@H]1C[C@@](O)(C(F)(F)F)CC[C@@]21Cc1ccccc1. The summed E-state index contributed by atoms with van der Waals surface area (Å²) in [5.74, 6) is -0.570. The first-order chi connectivity index (χ1) is 17.6. The molecule has 1 saturated carbocycles. The van der Waals surface area contributed by atoms with Crippen molar-refractivity contribution in [1.29, 1.82) is 0 Å². The number of aliphatic hydroxyl groups is 1. The molecule has 2 aliphatic carbocycles. The van der Waals surface area contributed by atoms with Gasteiger partial charge in [-0.25, -0.2) is 0 Å². The number of carbonyl (C=O) groups is 1. The van der Waals surface area contributed by atoms with Crippen LogP contribution in [0.15, 0.2) is 66.9 Å². The lowest BCUT2D eigenvalue weighted by Crippen LogP contribution is -2.55. The predicted octanol–water partition coefficient (Wildman–Crippen LogP) is 6.55. The van der Waals surface area contributed by atoms with Crippen LogP contribution in [0.5, 0.6) is 0 Å². The number of rotatable bonds is 4. The normalized spacial score (nSPS) is 25.5. The van der Waals surface area contributed by atoms with Crippen LogP contribution in [0, 0.1) is 12.8 Å². The fraction of sp³-hybridized carbons (Fsp3) is 0.400. The number of halogens is 3. The number of anilines is 1. The number of hydrogen-bond donors (Lipinski definition) is 2. The number of alkyl halides is 3. The van der Waals surface area contributed by atoms with Crippen LogP contribution in [0.4, 0.5) is 18.9 Å². The van der Waals surface area contributed by atoms with Gasteiger partial charge in [-0.15, -0.1) is 0 Å². The van der Waals surface area contributed by atoms with Gasteiger partial charge in [-0.05, 0) is 98.7 Å². The van der Waals surface area contributed by atoms with E-state index in [0.29, 0.717) is 36.9 Å². The van der Waals surface area contributed by atoms with Gasteiger partial charge in [0.1, 0.15) is 0 Å². The third kappa shape index (κ3) is 4.77. The molecule has 3 aromatic rings. The minimum absolute atomic E-state index is 0.232. The lowest BCUT2D eigenvalue weighted by molar-refractivity contribution is -0.279. The molecule has 5 rings (SSSR count). The van der Waals surface area contributed by atoms with Crippen molar-refractivity contribution >= 4 is 11.6 Å². The second-order valence-electron chi connectivity index (χ2n) is 10.6. The Bertz CT molecular complexity index is 1290. The van der Waals surface area contributed by atoms with Gasteiger partial charge < -0.3 is 10.4 Å². The van der Waals surface area contributed by atoms with E-state index in [0.717, 1.165) is 22.4 Å². The highest BCUT2D eigenvalue weighted by Crippen LogP contribution is 2.56. The molecule has 194 valence electrons. The highest BCUT2D eigenvalue weighted by molar-refractivity contribution is 6.04. The summed E-state index contributed by atoms with van der Waals surface area (Å²) in [7, 11) is 0.